The molecule has 0 saturated heterocycles. The monoisotopic (exact) mass is 308 g/mol. The molecule has 0 radical (unpaired) electrons. The summed E-state index contributed by atoms with van der Waals surface area (Å²) in [5.74, 6) is 0.991. The molecule has 0 atom stereocenters. The molecule has 0 bridgehead atoms. The second-order valence-corrected chi connectivity index (χ2v) is 6.63. The van der Waals surface area contributed by atoms with Gasteiger partial charge in [-0.2, -0.15) is 0 Å². The van der Waals surface area contributed by atoms with E-state index in [4.69, 9.17) is 0 Å². The lowest BCUT2D eigenvalue weighted by Crippen LogP contribution is -2.45. The molecule has 5 nitrogen and oxygen atoms in total. The van der Waals surface area contributed by atoms with E-state index in [1.807, 2.05) is 0 Å². The number of aliphatic imine (C=N–C) groups is 1. The van der Waals surface area contributed by atoms with Crippen molar-refractivity contribution in [1.82, 2.24) is 16.0 Å². The molecule has 0 aromatic heterocycles. The van der Waals surface area contributed by atoms with Crippen LogP contribution < -0.4 is 16.0 Å². The molecular weight excluding hydrogens is 276 g/mol. The topological polar surface area (TPSA) is 65.5 Å². The van der Waals surface area contributed by atoms with E-state index in [0.29, 0.717) is 25.0 Å². The number of nitrogens with one attached hydrogen (secondary N) is 3. The molecule has 0 spiro atoms. The average molecular weight is 308 g/mol. The van der Waals surface area contributed by atoms with Crippen molar-refractivity contribution in [1.29, 1.82) is 0 Å². The molecule has 2 aliphatic carbocycles. The molecule has 22 heavy (non-hydrogen) atoms. The van der Waals surface area contributed by atoms with Crippen LogP contribution in [-0.4, -0.2) is 37.5 Å². The Morgan fingerprint density at radius 1 is 0.909 bits per heavy atom. The molecule has 0 heterocycles. The van der Waals surface area contributed by atoms with Crippen molar-refractivity contribution >= 4 is 11.9 Å². The maximum Gasteiger partial charge on any atom is 0.221 e. The number of hydrogen-bond donors (Lipinski definition) is 3. The number of hydrogen-bond acceptors (Lipinski definition) is 2. The number of nitrogens with zero attached hydrogens (tertiary/aromatic N) is 1. The second kappa shape index (κ2) is 9.70. The molecule has 3 N–H and O–H groups in total. The summed E-state index contributed by atoms with van der Waals surface area (Å²) < 4.78 is 0. The van der Waals surface area contributed by atoms with Crippen LogP contribution in [0.1, 0.15) is 70.6 Å². The fourth-order valence-corrected chi connectivity index (χ4v) is 3.48. The van der Waals surface area contributed by atoms with Crippen LogP contribution in [0.2, 0.25) is 0 Å². The van der Waals surface area contributed by atoms with Crippen molar-refractivity contribution in [3.63, 3.8) is 0 Å². The van der Waals surface area contributed by atoms with Crippen molar-refractivity contribution in [2.24, 2.45) is 4.99 Å². The van der Waals surface area contributed by atoms with Gasteiger partial charge in [-0.25, -0.2) is 0 Å². The first-order valence-electron chi connectivity index (χ1n) is 9.04. The average Bonchev–Trinajstić information content (AvgIpc) is 2.56. The number of carbonyl (C=O) groups excluding carboxylic acids is 1. The van der Waals surface area contributed by atoms with Gasteiger partial charge in [0.05, 0.1) is 0 Å². The van der Waals surface area contributed by atoms with E-state index in [9.17, 15) is 4.79 Å². The van der Waals surface area contributed by atoms with Crippen molar-refractivity contribution in [3.05, 3.63) is 0 Å². The van der Waals surface area contributed by atoms with Crippen molar-refractivity contribution in [3.8, 4) is 0 Å². The minimum atomic E-state index is 0.160. The standard InChI is InChI=1S/C17H32N4O/c1-18-17(21-15-10-6-3-7-11-15)19-13-12-16(22)20-14-8-4-2-5-9-14/h14-15H,2-13H2,1H3,(H,20,22)(H2,18,19,21). The lowest BCUT2D eigenvalue weighted by molar-refractivity contribution is -0.121. The van der Waals surface area contributed by atoms with Crippen LogP contribution in [0.4, 0.5) is 0 Å². The summed E-state index contributed by atoms with van der Waals surface area (Å²) in [7, 11) is 1.79. The molecule has 0 aromatic rings. The van der Waals surface area contributed by atoms with Crippen LogP contribution >= 0.6 is 0 Å². The number of carbonyl (C=O) groups is 1. The first kappa shape index (κ1) is 17.1. The van der Waals surface area contributed by atoms with Gasteiger partial charge in [0, 0.05) is 32.1 Å². The Morgan fingerprint density at radius 3 is 2.00 bits per heavy atom. The van der Waals surface area contributed by atoms with E-state index < -0.39 is 0 Å². The molecule has 2 saturated carbocycles. The predicted molar refractivity (Wildman–Crippen MR) is 91.0 cm³/mol. The molecule has 0 aromatic carbocycles. The Kier molecular flexibility index (Phi) is 7.54. The lowest BCUT2D eigenvalue weighted by atomic mass is 9.95. The summed E-state index contributed by atoms with van der Waals surface area (Å²) in [4.78, 5) is 16.2. The third-order valence-corrected chi connectivity index (χ3v) is 4.78. The SMILES string of the molecule is CN=C(NCCC(=O)NC1CCCCC1)NC1CCCCC1. The maximum absolute atomic E-state index is 12.0. The van der Waals surface area contributed by atoms with Crippen LogP contribution in [0.25, 0.3) is 0 Å². The summed E-state index contributed by atoms with van der Waals surface area (Å²) >= 11 is 0. The molecule has 2 rings (SSSR count). The fraction of sp³-hybridized carbons (Fsp3) is 0.882. The van der Waals surface area contributed by atoms with Gasteiger partial charge in [-0.1, -0.05) is 38.5 Å². The van der Waals surface area contributed by atoms with Crippen LogP contribution in [-0.2, 0) is 4.79 Å². The zero-order chi connectivity index (χ0) is 15.6. The third-order valence-electron chi connectivity index (χ3n) is 4.78. The Labute approximate surface area is 134 Å². The van der Waals surface area contributed by atoms with Crippen LogP contribution in [0.15, 0.2) is 4.99 Å². The van der Waals surface area contributed by atoms with Crippen LogP contribution in [0.3, 0.4) is 0 Å². The van der Waals surface area contributed by atoms with E-state index >= 15 is 0 Å². The van der Waals surface area contributed by atoms with E-state index in [-0.39, 0.29) is 5.91 Å². The zero-order valence-corrected chi connectivity index (χ0v) is 14.0. The minimum Gasteiger partial charge on any atom is -0.356 e. The highest BCUT2D eigenvalue weighted by molar-refractivity contribution is 5.81. The predicted octanol–water partition coefficient (Wildman–Crippen LogP) is 2.32. The highest BCUT2D eigenvalue weighted by atomic mass is 16.1. The summed E-state index contributed by atoms with van der Waals surface area (Å²) in [5.41, 5.74) is 0. The highest BCUT2D eigenvalue weighted by Gasteiger charge is 2.16. The van der Waals surface area contributed by atoms with Crippen molar-refractivity contribution < 1.29 is 4.79 Å². The van der Waals surface area contributed by atoms with Gasteiger partial charge in [0.1, 0.15) is 0 Å². The van der Waals surface area contributed by atoms with Gasteiger partial charge in [-0.15, -0.1) is 0 Å². The Hall–Kier alpha value is -1.26. The second-order valence-electron chi connectivity index (χ2n) is 6.63. The molecule has 0 aliphatic heterocycles. The molecule has 5 heteroatoms. The van der Waals surface area contributed by atoms with E-state index in [1.54, 1.807) is 7.05 Å². The molecule has 126 valence electrons. The highest BCUT2D eigenvalue weighted by Crippen LogP contribution is 2.18. The number of rotatable bonds is 5. The van der Waals surface area contributed by atoms with Gasteiger partial charge in [0.25, 0.3) is 0 Å². The van der Waals surface area contributed by atoms with E-state index in [0.717, 1.165) is 18.8 Å². The quantitative estimate of drug-likeness (QED) is 0.539. The van der Waals surface area contributed by atoms with Crippen molar-refractivity contribution in [2.45, 2.75) is 82.7 Å². The first-order valence-corrected chi connectivity index (χ1v) is 9.04. The Bertz CT molecular complexity index is 358. The zero-order valence-electron chi connectivity index (χ0n) is 14.0. The van der Waals surface area contributed by atoms with E-state index in [2.05, 4.69) is 20.9 Å². The number of amides is 1. The molecule has 1 amide bonds. The minimum absolute atomic E-state index is 0.160. The van der Waals surface area contributed by atoms with Crippen LogP contribution in [0.5, 0.6) is 0 Å². The van der Waals surface area contributed by atoms with Gasteiger partial charge in [0.2, 0.25) is 5.91 Å². The first-order chi connectivity index (χ1) is 10.8. The summed E-state index contributed by atoms with van der Waals surface area (Å²) in [6, 6.07) is 0.942. The summed E-state index contributed by atoms with van der Waals surface area (Å²) in [6.45, 7) is 0.644. The summed E-state index contributed by atoms with van der Waals surface area (Å²) in [5, 5.41) is 9.88. The normalized spacial score (nSPS) is 21.4. The smallest absolute Gasteiger partial charge is 0.221 e. The largest absolute Gasteiger partial charge is 0.356 e. The van der Waals surface area contributed by atoms with Gasteiger partial charge < -0.3 is 16.0 Å². The maximum atomic E-state index is 12.0. The fourth-order valence-electron chi connectivity index (χ4n) is 3.48. The molecule has 2 aliphatic rings. The summed E-state index contributed by atoms with van der Waals surface area (Å²) in [6.07, 6.45) is 13.0. The van der Waals surface area contributed by atoms with E-state index in [1.165, 1.54) is 51.4 Å². The van der Waals surface area contributed by atoms with Crippen molar-refractivity contribution in [2.75, 3.05) is 13.6 Å². The van der Waals surface area contributed by atoms with Gasteiger partial charge in [0.15, 0.2) is 5.96 Å². The Morgan fingerprint density at radius 2 is 1.45 bits per heavy atom. The molecule has 2 fully saturated rings. The van der Waals surface area contributed by atoms with Gasteiger partial charge >= 0.3 is 0 Å². The van der Waals surface area contributed by atoms with Gasteiger partial charge in [-0.3, -0.25) is 9.79 Å². The van der Waals surface area contributed by atoms with Crippen LogP contribution in [0, 0.1) is 0 Å². The Balaban J connectivity index is 1.60. The molecule has 0 unspecified atom stereocenters. The third kappa shape index (κ3) is 6.24. The lowest BCUT2D eigenvalue weighted by Gasteiger charge is -2.25. The van der Waals surface area contributed by atoms with Gasteiger partial charge in [-0.05, 0) is 25.7 Å². The molecular formula is C17H32N4O. The number of guanidine groups is 1.